The number of benzene rings is 1. The first kappa shape index (κ1) is 11.6. The lowest BCUT2D eigenvalue weighted by molar-refractivity contribution is 0.435. The fraction of sp³-hybridized carbons (Fsp3) is 0.133. The molecule has 0 bridgehead atoms. The Kier molecular flexibility index (Phi) is 2.63. The zero-order valence-electron chi connectivity index (χ0n) is 10.8. The van der Waals surface area contributed by atoms with E-state index in [0.717, 1.165) is 22.5 Å². The predicted octanol–water partition coefficient (Wildman–Crippen LogP) is 3.80. The molecule has 0 spiro atoms. The van der Waals surface area contributed by atoms with E-state index in [1.165, 1.54) is 0 Å². The third-order valence-electron chi connectivity index (χ3n) is 3.11. The first-order chi connectivity index (χ1) is 9.16. The van der Waals surface area contributed by atoms with Crippen molar-refractivity contribution >= 4 is 5.88 Å². The fourth-order valence-electron chi connectivity index (χ4n) is 2.15. The highest BCUT2D eigenvalue weighted by atomic mass is 16.5. The zero-order chi connectivity index (χ0) is 13.4. The minimum absolute atomic E-state index is 0.304. The van der Waals surface area contributed by atoms with Gasteiger partial charge in [0.1, 0.15) is 5.76 Å². The van der Waals surface area contributed by atoms with Crippen molar-refractivity contribution in [1.82, 2.24) is 5.16 Å². The average Bonchev–Trinajstić information content (AvgIpc) is 2.96. The van der Waals surface area contributed by atoms with E-state index >= 15 is 0 Å². The standard InChI is InChI=1S/C15H14N2O2/c1-9-5-3-4-6-11(9)13-14(17-19-15(13)16)12-8-7-10(2)18-12/h3-8H,16H2,1-2H3. The van der Waals surface area contributed by atoms with Crippen LogP contribution in [0.25, 0.3) is 22.6 Å². The van der Waals surface area contributed by atoms with Gasteiger partial charge in [0.05, 0.1) is 5.56 Å². The summed E-state index contributed by atoms with van der Waals surface area (Å²) in [5.74, 6) is 1.79. The molecule has 1 aromatic carbocycles. The van der Waals surface area contributed by atoms with E-state index in [1.54, 1.807) is 0 Å². The summed E-state index contributed by atoms with van der Waals surface area (Å²) in [5.41, 5.74) is 9.46. The Bertz CT molecular complexity index is 725. The van der Waals surface area contributed by atoms with Gasteiger partial charge in [-0.25, -0.2) is 0 Å². The molecule has 2 aromatic heterocycles. The molecule has 4 nitrogen and oxygen atoms in total. The molecule has 0 fully saturated rings. The molecule has 3 rings (SSSR count). The molecular weight excluding hydrogens is 240 g/mol. The molecule has 3 aromatic rings. The van der Waals surface area contributed by atoms with Crippen LogP contribution in [0.2, 0.25) is 0 Å². The molecule has 96 valence electrons. The highest BCUT2D eigenvalue weighted by Crippen LogP contribution is 2.38. The largest absolute Gasteiger partial charge is 0.460 e. The zero-order valence-corrected chi connectivity index (χ0v) is 10.8. The van der Waals surface area contributed by atoms with Gasteiger partial charge in [-0.3, -0.25) is 0 Å². The van der Waals surface area contributed by atoms with Gasteiger partial charge in [0.15, 0.2) is 11.5 Å². The number of aryl methyl sites for hydroxylation is 2. The maximum absolute atomic E-state index is 5.92. The lowest BCUT2D eigenvalue weighted by Gasteiger charge is -2.04. The van der Waals surface area contributed by atoms with Gasteiger partial charge in [-0.2, -0.15) is 0 Å². The van der Waals surface area contributed by atoms with Crippen LogP contribution < -0.4 is 5.73 Å². The minimum Gasteiger partial charge on any atom is -0.460 e. The van der Waals surface area contributed by atoms with Crippen molar-refractivity contribution in [1.29, 1.82) is 0 Å². The highest BCUT2D eigenvalue weighted by Gasteiger charge is 2.20. The summed E-state index contributed by atoms with van der Waals surface area (Å²) in [6.45, 7) is 3.92. The van der Waals surface area contributed by atoms with Crippen LogP contribution in [0.15, 0.2) is 45.3 Å². The molecule has 0 unspecified atom stereocenters. The van der Waals surface area contributed by atoms with Gasteiger partial charge in [-0.15, -0.1) is 0 Å². The quantitative estimate of drug-likeness (QED) is 0.755. The van der Waals surface area contributed by atoms with Crippen LogP contribution in [0.3, 0.4) is 0 Å². The number of aromatic nitrogens is 1. The Morgan fingerprint density at radius 2 is 1.84 bits per heavy atom. The monoisotopic (exact) mass is 254 g/mol. The molecule has 2 heterocycles. The number of rotatable bonds is 2. The van der Waals surface area contributed by atoms with Crippen LogP contribution in [0, 0.1) is 13.8 Å². The van der Waals surface area contributed by atoms with Crippen LogP contribution in [0.5, 0.6) is 0 Å². The highest BCUT2D eigenvalue weighted by molar-refractivity contribution is 5.86. The molecule has 0 atom stereocenters. The Hall–Kier alpha value is -2.49. The van der Waals surface area contributed by atoms with Gasteiger partial charge < -0.3 is 14.7 Å². The molecule has 0 aliphatic rings. The molecule has 0 saturated carbocycles. The fourth-order valence-corrected chi connectivity index (χ4v) is 2.15. The normalized spacial score (nSPS) is 10.8. The summed E-state index contributed by atoms with van der Waals surface area (Å²) < 4.78 is 10.7. The number of anilines is 1. The summed E-state index contributed by atoms with van der Waals surface area (Å²) >= 11 is 0. The maximum atomic E-state index is 5.92. The van der Waals surface area contributed by atoms with Crippen molar-refractivity contribution in [2.24, 2.45) is 0 Å². The van der Waals surface area contributed by atoms with Gasteiger partial charge in [-0.1, -0.05) is 29.4 Å². The Labute approximate surface area is 110 Å². The third kappa shape index (κ3) is 1.91. The molecule has 0 aliphatic carbocycles. The second-order valence-corrected chi connectivity index (χ2v) is 4.50. The number of furan rings is 1. The SMILES string of the molecule is Cc1ccc(-c2noc(N)c2-c2ccccc2C)o1. The minimum atomic E-state index is 0.304. The van der Waals surface area contributed by atoms with Crippen LogP contribution in [-0.2, 0) is 0 Å². The second kappa shape index (κ2) is 4.31. The van der Waals surface area contributed by atoms with Crippen LogP contribution in [-0.4, -0.2) is 5.16 Å². The van der Waals surface area contributed by atoms with E-state index in [0.29, 0.717) is 17.3 Å². The molecule has 0 amide bonds. The van der Waals surface area contributed by atoms with Gasteiger partial charge in [0.2, 0.25) is 5.88 Å². The Balaban J connectivity index is 2.22. The molecule has 0 saturated heterocycles. The average molecular weight is 254 g/mol. The number of nitrogens with zero attached hydrogens (tertiary/aromatic N) is 1. The molecule has 19 heavy (non-hydrogen) atoms. The summed E-state index contributed by atoms with van der Waals surface area (Å²) in [4.78, 5) is 0. The summed E-state index contributed by atoms with van der Waals surface area (Å²) in [6.07, 6.45) is 0. The van der Waals surface area contributed by atoms with Crippen molar-refractivity contribution in [3.8, 4) is 22.6 Å². The maximum Gasteiger partial charge on any atom is 0.230 e. The van der Waals surface area contributed by atoms with E-state index in [-0.39, 0.29) is 0 Å². The summed E-state index contributed by atoms with van der Waals surface area (Å²) in [7, 11) is 0. The molecule has 0 aliphatic heterocycles. The first-order valence-electron chi connectivity index (χ1n) is 6.05. The number of nitrogen functional groups attached to an aromatic ring is 1. The van der Waals surface area contributed by atoms with Crippen LogP contribution in [0.1, 0.15) is 11.3 Å². The van der Waals surface area contributed by atoms with Crippen molar-refractivity contribution in [3.63, 3.8) is 0 Å². The summed E-state index contributed by atoms with van der Waals surface area (Å²) in [5, 5.41) is 4.02. The number of nitrogens with two attached hydrogens (primary N) is 1. The third-order valence-corrected chi connectivity index (χ3v) is 3.11. The van der Waals surface area contributed by atoms with E-state index in [1.807, 2.05) is 50.2 Å². The van der Waals surface area contributed by atoms with Gasteiger partial charge in [0, 0.05) is 0 Å². The van der Waals surface area contributed by atoms with E-state index in [2.05, 4.69) is 5.16 Å². The van der Waals surface area contributed by atoms with Crippen molar-refractivity contribution in [2.45, 2.75) is 13.8 Å². The van der Waals surface area contributed by atoms with Crippen LogP contribution in [0.4, 0.5) is 5.88 Å². The van der Waals surface area contributed by atoms with Crippen molar-refractivity contribution in [3.05, 3.63) is 47.7 Å². The van der Waals surface area contributed by atoms with Crippen LogP contribution >= 0.6 is 0 Å². The van der Waals surface area contributed by atoms with E-state index in [9.17, 15) is 0 Å². The lowest BCUT2D eigenvalue weighted by Crippen LogP contribution is -1.89. The number of hydrogen-bond acceptors (Lipinski definition) is 4. The topological polar surface area (TPSA) is 65.2 Å². The molecular formula is C15H14N2O2. The smallest absolute Gasteiger partial charge is 0.230 e. The van der Waals surface area contributed by atoms with E-state index in [4.69, 9.17) is 14.7 Å². The Morgan fingerprint density at radius 1 is 1.05 bits per heavy atom. The van der Waals surface area contributed by atoms with Crippen molar-refractivity contribution < 1.29 is 8.94 Å². The Morgan fingerprint density at radius 3 is 2.53 bits per heavy atom. The second-order valence-electron chi connectivity index (χ2n) is 4.50. The van der Waals surface area contributed by atoms with Gasteiger partial charge >= 0.3 is 0 Å². The first-order valence-corrected chi connectivity index (χ1v) is 6.05. The molecule has 4 heteroatoms. The summed E-state index contributed by atoms with van der Waals surface area (Å²) in [6, 6.07) is 11.7. The molecule has 0 radical (unpaired) electrons. The lowest BCUT2D eigenvalue weighted by atomic mass is 10.00. The number of hydrogen-bond donors (Lipinski definition) is 1. The van der Waals surface area contributed by atoms with E-state index < -0.39 is 0 Å². The van der Waals surface area contributed by atoms with Gasteiger partial charge in [0.25, 0.3) is 0 Å². The predicted molar refractivity (Wildman–Crippen MR) is 73.5 cm³/mol. The molecule has 2 N–H and O–H groups in total. The van der Waals surface area contributed by atoms with Gasteiger partial charge in [-0.05, 0) is 37.1 Å². The van der Waals surface area contributed by atoms with Crippen molar-refractivity contribution in [2.75, 3.05) is 5.73 Å².